The van der Waals surface area contributed by atoms with Gasteiger partial charge in [0.15, 0.2) is 0 Å². The van der Waals surface area contributed by atoms with Gasteiger partial charge in [-0.2, -0.15) is 0 Å². The molecule has 0 aromatic rings. The van der Waals surface area contributed by atoms with Crippen molar-refractivity contribution in [2.75, 3.05) is 6.61 Å². The van der Waals surface area contributed by atoms with Crippen LogP contribution in [0.4, 0.5) is 0 Å². The second-order valence-corrected chi connectivity index (χ2v) is 2.57. The molecule has 2 N–H and O–H groups in total. The summed E-state index contributed by atoms with van der Waals surface area (Å²) in [6, 6.07) is 0. The van der Waals surface area contributed by atoms with Crippen molar-refractivity contribution in [1.29, 1.82) is 0 Å². The van der Waals surface area contributed by atoms with E-state index < -0.39 is 0 Å². The van der Waals surface area contributed by atoms with Crippen molar-refractivity contribution in [2.24, 2.45) is 5.73 Å². The molecule has 0 fully saturated rings. The van der Waals surface area contributed by atoms with Crippen LogP contribution >= 0.6 is 12.0 Å². The first-order valence-corrected chi connectivity index (χ1v) is 3.35. The van der Waals surface area contributed by atoms with Gasteiger partial charge in [0, 0.05) is 12.0 Å². The Morgan fingerprint density at radius 2 is 2.67 bits per heavy atom. The van der Waals surface area contributed by atoms with Crippen LogP contribution in [0, 0.1) is 0 Å². The van der Waals surface area contributed by atoms with E-state index in [1.54, 1.807) is 12.2 Å². The summed E-state index contributed by atoms with van der Waals surface area (Å²) in [5, 5.41) is -0.293. The van der Waals surface area contributed by atoms with E-state index in [4.69, 9.17) is 9.92 Å². The molecule has 0 aliphatic carbocycles. The average Bonchev–Trinajstić information content (AvgIpc) is 1.90. The first-order chi connectivity index (χ1) is 4.30. The SMILES string of the molecule is NC(=O)C1C=CCOS1. The van der Waals surface area contributed by atoms with E-state index in [0.29, 0.717) is 6.61 Å². The second kappa shape index (κ2) is 2.89. The summed E-state index contributed by atoms with van der Waals surface area (Å²) < 4.78 is 4.87. The summed E-state index contributed by atoms with van der Waals surface area (Å²) in [5.74, 6) is -0.351. The van der Waals surface area contributed by atoms with E-state index in [1.807, 2.05) is 0 Å². The number of hydrogen-bond donors (Lipinski definition) is 1. The maximum absolute atomic E-state index is 10.4. The van der Waals surface area contributed by atoms with Crippen LogP contribution in [-0.4, -0.2) is 17.8 Å². The smallest absolute Gasteiger partial charge is 0.236 e. The zero-order valence-electron chi connectivity index (χ0n) is 4.74. The maximum Gasteiger partial charge on any atom is 0.236 e. The Morgan fingerprint density at radius 1 is 1.89 bits per heavy atom. The van der Waals surface area contributed by atoms with Gasteiger partial charge in [0.1, 0.15) is 5.25 Å². The van der Waals surface area contributed by atoms with E-state index in [1.165, 1.54) is 0 Å². The molecular formula is C5H7NO2S. The molecule has 0 spiro atoms. The third-order valence-corrected chi connectivity index (χ3v) is 1.80. The Balaban J connectivity index is 2.50. The van der Waals surface area contributed by atoms with Gasteiger partial charge in [-0.1, -0.05) is 12.2 Å². The molecule has 1 atom stereocenters. The zero-order valence-corrected chi connectivity index (χ0v) is 5.56. The minimum absolute atomic E-state index is 0.293. The van der Waals surface area contributed by atoms with Crippen LogP contribution < -0.4 is 5.73 Å². The van der Waals surface area contributed by atoms with Gasteiger partial charge in [0.25, 0.3) is 0 Å². The number of carbonyl (C=O) groups is 1. The van der Waals surface area contributed by atoms with Crippen molar-refractivity contribution in [3.05, 3.63) is 12.2 Å². The Labute approximate surface area is 57.5 Å². The van der Waals surface area contributed by atoms with Gasteiger partial charge in [-0.05, 0) is 0 Å². The molecule has 1 unspecified atom stereocenters. The highest BCUT2D eigenvalue weighted by atomic mass is 32.2. The van der Waals surface area contributed by atoms with Crippen LogP contribution in [0.1, 0.15) is 0 Å². The number of nitrogens with two attached hydrogens (primary N) is 1. The summed E-state index contributed by atoms with van der Waals surface area (Å²) in [6.45, 7) is 0.564. The lowest BCUT2D eigenvalue weighted by atomic mass is 10.3. The van der Waals surface area contributed by atoms with Crippen LogP contribution in [0.5, 0.6) is 0 Å². The van der Waals surface area contributed by atoms with Gasteiger partial charge in [0.05, 0.1) is 6.61 Å². The predicted octanol–water partition coefficient (Wildman–Crippen LogP) is 0.0749. The highest BCUT2D eigenvalue weighted by Gasteiger charge is 2.14. The quantitative estimate of drug-likeness (QED) is 0.420. The molecule has 0 saturated carbocycles. The molecule has 0 saturated heterocycles. The Kier molecular flexibility index (Phi) is 2.13. The lowest BCUT2D eigenvalue weighted by Gasteiger charge is -2.10. The van der Waals surface area contributed by atoms with Crippen LogP contribution in [0.25, 0.3) is 0 Å². The second-order valence-electron chi connectivity index (χ2n) is 1.63. The normalized spacial score (nSPS) is 26.0. The molecule has 1 heterocycles. The third kappa shape index (κ3) is 1.73. The lowest BCUT2D eigenvalue weighted by Crippen LogP contribution is -2.25. The first-order valence-electron chi connectivity index (χ1n) is 2.55. The minimum Gasteiger partial charge on any atom is -0.368 e. The highest BCUT2D eigenvalue weighted by Crippen LogP contribution is 2.17. The van der Waals surface area contributed by atoms with E-state index >= 15 is 0 Å². The number of carbonyl (C=O) groups excluding carboxylic acids is 1. The van der Waals surface area contributed by atoms with Crippen molar-refractivity contribution in [2.45, 2.75) is 5.25 Å². The molecule has 50 valence electrons. The summed E-state index contributed by atoms with van der Waals surface area (Å²) in [4.78, 5) is 10.4. The average molecular weight is 145 g/mol. The standard InChI is InChI=1S/C5H7NO2S/c6-5(7)4-2-1-3-8-9-4/h1-2,4H,3H2,(H2,6,7). The van der Waals surface area contributed by atoms with Crippen LogP contribution in [-0.2, 0) is 8.98 Å². The van der Waals surface area contributed by atoms with Gasteiger partial charge < -0.3 is 9.92 Å². The predicted molar refractivity (Wildman–Crippen MR) is 35.7 cm³/mol. The number of rotatable bonds is 1. The first kappa shape index (κ1) is 6.64. The molecule has 0 aromatic carbocycles. The van der Waals surface area contributed by atoms with Gasteiger partial charge in [0.2, 0.25) is 5.91 Å². The van der Waals surface area contributed by atoms with Crippen LogP contribution in [0.15, 0.2) is 12.2 Å². The lowest BCUT2D eigenvalue weighted by molar-refractivity contribution is -0.116. The van der Waals surface area contributed by atoms with Crippen LogP contribution in [0.3, 0.4) is 0 Å². The van der Waals surface area contributed by atoms with Crippen molar-refractivity contribution < 1.29 is 8.98 Å². The molecule has 1 aliphatic heterocycles. The number of primary amides is 1. The molecule has 4 heteroatoms. The van der Waals surface area contributed by atoms with E-state index in [2.05, 4.69) is 0 Å². The fourth-order valence-electron chi connectivity index (χ4n) is 0.505. The Bertz CT molecular complexity index is 146. The molecular weight excluding hydrogens is 138 g/mol. The van der Waals surface area contributed by atoms with E-state index in [0.717, 1.165) is 12.0 Å². The molecule has 0 radical (unpaired) electrons. The molecule has 1 aliphatic rings. The third-order valence-electron chi connectivity index (χ3n) is 0.927. The van der Waals surface area contributed by atoms with Gasteiger partial charge in [-0.15, -0.1) is 0 Å². The van der Waals surface area contributed by atoms with Gasteiger partial charge in [-0.25, -0.2) is 0 Å². The van der Waals surface area contributed by atoms with Gasteiger partial charge in [-0.3, -0.25) is 4.79 Å². The number of amides is 1. The summed E-state index contributed by atoms with van der Waals surface area (Å²) in [6.07, 6.45) is 3.53. The molecule has 0 bridgehead atoms. The topological polar surface area (TPSA) is 52.3 Å². The Morgan fingerprint density at radius 3 is 3.00 bits per heavy atom. The van der Waals surface area contributed by atoms with Gasteiger partial charge >= 0.3 is 0 Å². The zero-order chi connectivity index (χ0) is 6.69. The summed E-state index contributed by atoms with van der Waals surface area (Å²) in [7, 11) is 0. The maximum atomic E-state index is 10.4. The van der Waals surface area contributed by atoms with E-state index in [-0.39, 0.29) is 11.2 Å². The van der Waals surface area contributed by atoms with Crippen molar-refractivity contribution >= 4 is 17.9 Å². The summed E-state index contributed by atoms with van der Waals surface area (Å²) in [5.41, 5.74) is 4.98. The molecule has 3 nitrogen and oxygen atoms in total. The van der Waals surface area contributed by atoms with E-state index in [9.17, 15) is 4.79 Å². The van der Waals surface area contributed by atoms with Crippen molar-refractivity contribution in [3.63, 3.8) is 0 Å². The minimum atomic E-state index is -0.351. The fourth-order valence-corrected chi connectivity index (χ4v) is 1.08. The summed E-state index contributed by atoms with van der Waals surface area (Å²) >= 11 is 1.11. The molecule has 9 heavy (non-hydrogen) atoms. The van der Waals surface area contributed by atoms with Crippen LogP contribution in [0.2, 0.25) is 0 Å². The Hall–Kier alpha value is -0.480. The largest absolute Gasteiger partial charge is 0.368 e. The van der Waals surface area contributed by atoms with Crippen molar-refractivity contribution in [1.82, 2.24) is 0 Å². The van der Waals surface area contributed by atoms with Crippen molar-refractivity contribution in [3.8, 4) is 0 Å². The number of hydrogen-bond acceptors (Lipinski definition) is 3. The molecule has 1 rings (SSSR count). The molecule has 0 aromatic heterocycles. The molecule has 1 amide bonds. The fraction of sp³-hybridized carbons (Fsp3) is 0.400. The monoisotopic (exact) mass is 145 g/mol. The highest BCUT2D eigenvalue weighted by molar-refractivity contribution is 7.96.